The number of esters is 1. The second kappa shape index (κ2) is 12.1. The predicted octanol–water partition coefficient (Wildman–Crippen LogP) is 5.15. The van der Waals surface area contributed by atoms with Gasteiger partial charge in [0.15, 0.2) is 0 Å². The van der Waals surface area contributed by atoms with Crippen LogP contribution in [0.25, 0.3) is 22.3 Å². The lowest BCUT2D eigenvalue weighted by Gasteiger charge is -2.39. The fraction of sp³-hybridized carbons (Fsp3) is 0.378. The molecule has 0 radical (unpaired) electrons. The Kier molecular flexibility index (Phi) is 8.01. The van der Waals surface area contributed by atoms with Crippen LogP contribution in [0.3, 0.4) is 0 Å². The van der Waals surface area contributed by atoms with Crippen molar-refractivity contribution in [2.45, 2.75) is 84.3 Å². The molecule has 3 atom stereocenters. The summed E-state index contributed by atoms with van der Waals surface area (Å²) in [5.41, 5.74) is 3.45. The minimum Gasteiger partial charge on any atom is -0.480 e. The number of fused-ring (bicyclic) bond motifs is 5. The van der Waals surface area contributed by atoms with E-state index in [9.17, 15) is 24.3 Å². The van der Waals surface area contributed by atoms with Crippen molar-refractivity contribution < 1.29 is 33.4 Å². The number of carbonyl (C=O) groups is 3. The molecule has 49 heavy (non-hydrogen) atoms. The van der Waals surface area contributed by atoms with Crippen LogP contribution in [-0.4, -0.2) is 38.7 Å². The Balaban J connectivity index is 1.37. The Bertz CT molecular complexity index is 2110. The molecule has 0 saturated heterocycles. The normalized spacial score (nSPS) is 19.6. The number of nitrogens with one attached hydrogen (secondary N) is 2. The third-order valence-electron chi connectivity index (χ3n) is 10.3. The number of carboxylic acid groups (broad SMARTS) is 1. The molecule has 0 saturated carbocycles. The van der Waals surface area contributed by atoms with Gasteiger partial charge in [0.05, 0.1) is 35.1 Å². The Labute approximate surface area is 281 Å². The van der Waals surface area contributed by atoms with Crippen molar-refractivity contribution in [3.63, 3.8) is 0 Å². The molecule has 1 amide bonds. The van der Waals surface area contributed by atoms with Crippen LogP contribution in [0.15, 0.2) is 47.3 Å². The number of aliphatic carboxylic acids is 1. The third-order valence-corrected chi connectivity index (χ3v) is 10.3. The van der Waals surface area contributed by atoms with Gasteiger partial charge in [-0.1, -0.05) is 51.1 Å². The summed E-state index contributed by atoms with van der Waals surface area (Å²) in [5.74, 6) is -2.58. The number of rotatable bonds is 8. The summed E-state index contributed by atoms with van der Waals surface area (Å²) in [5, 5.41) is 16.8. The van der Waals surface area contributed by atoms with Gasteiger partial charge in [0, 0.05) is 17.0 Å². The van der Waals surface area contributed by atoms with Gasteiger partial charge in [0.2, 0.25) is 0 Å². The first-order valence-corrected chi connectivity index (χ1v) is 16.5. The molecular formula is C37H37FN4O7. The highest BCUT2D eigenvalue weighted by Crippen LogP contribution is 2.46. The van der Waals surface area contributed by atoms with E-state index < -0.39 is 47.0 Å². The van der Waals surface area contributed by atoms with Crippen molar-refractivity contribution in [2.75, 3.05) is 0 Å². The summed E-state index contributed by atoms with van der Waals surface area (Å²) >= 11 is 0. The maximum Gasteiger partial charge on any atom is 0.407 e. The van der Waals surface area contributed by atoms with E-state index in [1.54, 1.807) is 38.3 Å². The van der Waals surface area contributed by atoms with Crippen molar-refractivity contribution in [3.05, 3.63) is 97.6 Å². The summed E-state index contributed by atoms with van der Waals surface area (Å²) in [6, 6.07) is 10.8. The molecule has 2 aliphatic heterocycles. The van der Waals surface area contributed by atoms with Gasteiger partial charge in [-0.2, -0.15) is 0 Å². The first-order valence-electron chi connectivity index (χ1n) is 16.5. The highest BCUT2D eigenvalue weighted by atomic mass is 19.1. The first-order chi connectivity index (χ1) is 23.4. The van der Waals surface area contributed by atoms with Crippen LogP contribution < -0.4 is 16.2 Å². The largest absolute Gasteiger partial charge is 0.480 e. The molecule has 0 unspecified atom stereocenters. The maximum atomic E-state index is 15.3. The van der Waals surface area contributed by atoms with Crippen LogP contribution in [0.5, 0.6) is 0 Å². The van der Waals surface area contributed by atoms with Gasteiger partial charge in [-0.25, -0.2) is 19.0 Å². The number of halogens is 1. The van der Waals surface area contributed by atoms with E-state index in [0.717, 1.165) is 22.1 Å². The average molecular weight is 669 g/mol. The topological polar surface area (TPSA) is 149 Å². The molecule has 2 aromatic carbocycles. The van der Waals surface area contributed by atoms with E-state index in [1.165, 1.54) is 6.07 Å². The molecule has 254 valence electrons. The lowest BCUT2D eigenvalue weighted by atomic mass is 9.80. The molecule has 0 bridgehead atoms. The molecule has 4 heterocycles. The number of benzene rings is 2. The molecule has 4 aromatic rings. The number of aryl methyl sites for hydroxylation is 1. The van der Waals surface area contributed by atoms with Crippen LogP contribution in [-0.2, 0) is 50.8 Å². The number of pyridine rings is 2. The summed E-state index contributed by atoms with van der Waals surface area (Å²) < 4.78 is 28.0. The summed E-state index contributed by atoms with van der Waals surface area (Å²) in [6.45, 7) is 6.88. The smallest absolute Gasteiger partial charge is 0.407 e. The van der Waals surface area contributed by atoms with Gasteiger partial charge < -0.3 is 24.5 Å². The second-order valence-corrected chi connectivity index (χ2v) is 13.4. The molecule has 7 rings (SSSR count). The zero-order valence-corrected chi connectivity index (χ0v) is 27.7. The Morgan fingerprint density at radius 1 is 1.16 bits per heavy atom. The van der Waals surface area contributed by atoms with Crippen molar-refractivity contribution >= 4 is 28.9 Å². The number of carbonyl (C=O) groups excluding carboxylic acids is 2. The molecule has 1 aliphatic carbocycles. The van der Waals surface area contributed by atoms with E-state index in [4.69, 9.17) is 14.5 Å². The minimum absolute atomic E-state index is 0.0874. The number of alkyl carbamates (subject to hydrolysis) is 1. The Morgan fingerprint density at radius 2 is 1.92 bits per heavy atom. The van der Waals surface area contributed by atoms with Gasteiger partial charge in [-0.15, -0.1) is 0 Å². The minimum atomic E-state index is -1.60. The lowest BCUT2D eigenvalue weighted by molar-refractivity contribution is -0.158. The number of hydrogen-bond acceptors (Lipinski definition) is 8. The summed E-state index contributed by atoms with van der Waals surface area (Å²) in [7, 11) is 0. The summed E-state index contributed by atoms with van der Waals surface area (Å²) in [6.07, 6.45) is 0.489. The average Bonchev–Trinajstić information content (AvgIpc) is 3.45. The van der Waals surface area contributed by atoms with E-state index in [0.29, 0.717) is 46.4 Å². The molecule has 11 nitrogen and oxygen atoms in total. The monoisotopic (exact) mass is 668 g/mol. The molecule has 0 fully saturated rings. The molecule has 2 aromatic heterocycles. The lowest BCUT2D eigenvalue weighted by Crippen LogP contribution is -2.60. The van der Waals surface area contributed by atoms with Gasteiger partial charge in [0.25, 0.3) is 5.56 Å². The molecule has 3 aliphatic rings. The predicted molar refractivity (Wildman–Crippen MR) is 177 cm³/mol. The fourth-order valence-electron chi connectivity index (χ4n) is 7.64. The van der Waals surface area contributed by atoms with Crippen molar-refractivity contribution in [2.24, 2.45) is 5.92 Å². The van der Waals surface area contributed by atoms with Gasteiger partial charge >= 0.3 is 18.0 Å². The van der Waals surface area contributed by atoms with E-state index >= 15 is 4.39 Å². The number of amides is 1. The van der Waals surface area contributed by atoms with Crippen molar-refractivity contribution in [3.8, 4) is 11.4 Å². The SMILES string of the molecule is CC[C@@]1(N[C@H](C(=O)O)C(C)C)C(=O)OCc2c1cc1n(c2=O)Cc2c-1nc1cc(F)c(C)c3c1c2[C@@H](NC(=O)OCc1ccccc1)CC3. The number of aromatic nitrogens is 2. The zero-order valence-electron chi connectivity index (χ0n) is 27.7. The molecular weight excluding hydrogens is 631 g/mol. The van der Waals surface area contributed by atoms with Crippen LogP contribution in [0.1, 0.15) is 78.6 Å². The maximum absolute atomic E-state index is 15.3. The van der Waals surface area contributed by atoms with E-state index in [-0.39, 0.29) is 37.7 Å². The van der Waals surface area contributed by atoms with Crippen LogP contribution in [0, 0.1) is 18.7 Å². The van der Waals surface area contributed by atoms with Crippen LogP contribution >= 0.6 is 0 Å². The third kappa shape index (κ3) is 5.16. The Hall–Kier alpha value is -5.10. The fourth-order valence-corrected chi connectivity index (χ4v) is 7.64. The van der Waals surface area contributed by atoms with Gasteiger partial charge in [0.1, 0.15) is 30.6 Å². The molecule has 12 heteroatoms. The molecule has 0 spiro atoms. The Morgan fingerprint density at radius 3 is 2.61 bits per heavy atom. The van der Waals surface area contributed by atoms with Crippen molar-refractivity contribution in [1.82, 2.24) is 20.2 Å². The van der Waals surface area contributed by atoms with E-state index in [2.05, 4.69) is 10.6 Å². The quantitative estimate of drug-likeness (QED) is 0.191. The second-order valence-electron chi connectivity index (χ2n) is 13.4. The highest BCUT2D eigenvalue weighted by molar-refractivity contribution is 5.94. The van der Waals surface area contributed by atoms with E-state index in [1.807, 2.05) is 30.3 Å². The van der Waals surface area contributed by atoms with Crippen LogP contribution in [0.2, 0.25) is 0 Å². The number of cyclic esters (lactones) is 1. The first kappa shape index (κ1) is 32.4. The standard InChI is InChI=1S/C37H37FN4O7/c1-5-37(41-31(18(2)3)34(44)45)24-13-28-32-22(15-42(28)33(43)23(24)17-48-35(37)46)30-26(40-36(47)49-16-20-9-7-6-8-10-20)12-11-21-19(4)25(38)14-27(39-32)29(21)30/h6-10,13-14,18,26,31,41H,5,11-12,15-17H2,1-4H3,(H,40,47)(H,44,45)/t26-,31-,37-/m0/s1. The number of hydrogen-bond donors (Lipinski definition) is 3. The number of carboxylic acids is 1. The highest BCUT2D eigenvalue weighted by Gasteiger charge is 2.49. The summed E-state index contributed by atoms with van der Waals surface area (Å²) in [4.78, 5) is 58.1. The number of nitrogens with zero attached hydrogens (tertiary/aromatic N) is 2. The van der Waals surface area contributed by atoms with Crippen LogP contribution in [0.4, 0.5) is 9.18 Å². The molecule has 3 N–H and O–H groups in total. The zero-order chi connectivity index (χ0) is 34.8. The van der Waals surface area contributed by atoms with Gasteiger partial charge in [-0.05, 0) is 66.0 Å². The van der Waals surface area contributed by atoms with Crippen molar-refractivity contribution in [1.29, 1.82) is 0 Å². The van der Waals surface area contributed by atoms with Gasteiger partial charge in [-0.3, -0.25) is 14.9 Å². The number of ether oxygens (including phenoxy) is 2.